The standard InChI is InChI=1S/C17H26N4O2/c1-13-6-9-18-21(13)11-8-17(23)20-10-7-15-14(12-20)4-3-5-16(22)19(15)2/h6,9,14-15H,3-5,7-8,10-12H2,1-2H3/t14-,15-/m1/s1. The van der Waals surface area contributed by atoms with E-state index in [9.17, 15) is 9.59 Å². The van der Waals surface area contributed by atoms with Gasteiger partial charge in [0.25, 0.3) is 0 Å². The average molecular weight is 318 g/mol. The van der Waals surface area contributed by atoms with Crippen LogP contribution in [0.5, 0.6) is 0 Å². The Morgan fingerprint density at radius 3 is 2.96 bits per heavy atom. The molecule has 0 spiro atoms. The zero-order chi connectivity index (χ0) is 16.4. The van der Waals surface area contributed by atoms with Crippen LogP contribution in [0.3, 0.4) is 0 Å². The van der Waals surface area contributed by atoms with Gasteiger partial charge >= 0.3 is 0 Å². The molecule has 0 unspecified atom stereocenters. The van der Waals surface area contributed by atoms with E-state index in [1.54, 1.807) is 6.20 Å². The number of rotatable bonds is 3. The summed E-state index contributed by atoms with van der Waals surface area (Å²) in [5.74, 6) is 0.888. The van der Waals surface area contributed by atoms with Crippen molar-refractivity contribution in [3.8, 4) is 0 Å². The molecule has 0 N–H and O–H groups in total. The van der Waals surface area contributed by atoms with Crippen molar-refractivity contribution >= 4 is 11.8 Å². The van der Waals surface area contributed by atoms with E-state index in [0.717, 1.165) is 38.0 Å². The number of carbonyl (C=O) groups is 2. The zero-order valence-corrected chi connectivity index (χ0v) is 14.1. The Labute approximate surface area is 137 Å². The highest BCUT2D eigenvalue weighted by Gasteiger charge is 2.36. The van der Waals surface area contributed by atoms with Gasteiger partial charge in [-0.2, -0.15) is 5.10 Å². The van der Waals surface area contributed by atoms with Crippen molar-refractivity contribution in [3.63, 3.8) is 0 Å². The third-order valence-corrected chi connectivity index (χ3v) is 5.37. The minimum absolute atomic E-state index is 0.205. The number of nitrogens with zero attached hydrogens (tertiary/aromatic N) is 4. The second kappa shape index (κ2) is 6.72. The van der Waals surface area contributed by atoms with Crippen molar-refractivity contribution in [2.75, 3.05) is 20.1 Å². The predicted molar refractivity (Wildman–Crippen MR) is 86.7 cm³/mol. The van der Waals surface area contributed by atoms with E-state index in [4.69, 9.17) is 0 Å². The van der Waals surface area contributed by atoms with Gasteiger partial charge in [-0.15, -0.1) is 0 Å². The number of likely N-dealkylation sites (tertiary alicyclic amines) is 2. The summed E-state index contributed by atoms with van der Waals surface area (Å²) in [5, 5.41) is 4.23. The normalized spacial score (nSPS) is 25.2. The highest BCUT2D eigenvalue weighted by Crippen LogP contribution is 2.29. The molecule has 2 atom stereocenters. The number of amides is 2. The molecule has 3 rings (SSSR count). The minimum Gasteiger partial charge on any atom is -0.342 e. The van der Waals surface area contributed by atoms with E-state index in [1.165, 1.54) is 0 Å². The Bertz CT molecular complexity index is 583. The molecule has 0 aliphatic carbocycles. The minimum atomic E-state index is 0.205. The summed E-state index contributed by atoms with van der Waals surface area (Å²) in [6.45, 7) is 4.19. The Hall–Kier alpha value is -1.85. The molecule has 0 saturated carbocycles. The molecule has 0 radical (unpaired) electrons. The predicted octanol–water partition coefficient (Wildman–Crippen LogP) is 1.44. The monoisotopic (exact) mass is 318 g/mol. The molecule has 1 aromatic heterocycles. The second-order valence-corrected chi connectivity index (χ2v) is 6.80. The van der Waals surface area contributed by atoms with Crippen molar-refractivity contribution in [3.05, 3.63) is 18.0 Å². The molecule has 23 heavy (non-hydrogen) atoms. The van der Waals surface area contributed by atoms with Gasteiger partial charge in [0.1, 0.15) is 0 Å². The number of aryl methyl sites for hydroxylation is 2. The van der Waals surface area contributed by atoms with Crippen LogP contribution in [0.25, 0.3) is 0 Å². The molecule has 2 fully saturated rings. The van der Waals surface area contributed by atoms with Crippen LogP contribution in [0.1, 0.15) is 37.8 Å². The van der Waals surface area contributed by atoms with E-state index in [0.29, 0.717) is 31.3 Å². The summed E-state index contributed by atoms with van der Waals surface area (Å²) >= 11 is 0. The Balaban J connectivity index is 1.57. The van der Waals surface area contributed by atoms with Gasteiger partial charge in [-0.25, -0.2) is 0 Å². The maximum absolute atomic E-state index is 12.5. The summed E-state index contributed by atoms with van der Waals surface area (Å²) in [6.07, 6.45) is 5.80. The molecule has 1 aromatic rings. The number of piperidine rings is 1. The van der Waals surface area contributed by atoms with Crippen molar-refractivity contribution in [2.45, 2.75) is 51.6 Å². The van der Waals surface area contributed by atoms with Crippen molar-refractivity contribution in [1.82, 2.24) is 19.6 Å². The topological polar surface area (TPSA) is 58.4 Å². The third kappa shape index (κ3) is 3.41. The van der Waals surface area contributed by atoms with E-state index in [-0.39, 0.29) is 11.8 Å². The first kappa shape index (κ1) is 16.0. The second-order valence-electron chi connectivity index (χ2n) is 6.80. The van der Waals surface area contributed by atoms with Crippen LogP contribution in [0.2, 0.25) is 0 Å². The quantitative estimate of drug-likeness (QED) is 0.847. The van der Waals surface area contributed by atoms with E-state index in [2.05, 4.69) is 5.10 Å². The number of carbonyl (C=O) groups excluding carboxylic acids is 2. The lowest BCUT2D eigenvalue weighted by Gasteiger charge is -2.41. The van der Waals surface area contributed by atoms with Crippen LogP contribution in [-0.4, -0.2) is 57.6 Å². The SMILES string of the molecule is Cc1ccnn1CCC(=O)N1CC[C@@H]2[C@H](CCCC(=O)N2C)C1. The molecule has 2 aliphatic heterocycles. The van der Waals surface area contributed by atoms with Crippen LogP contribution in [-0.2, 0) is 16.1 Å². The molecule has 3 heterocycles. The van der Waals surface area contributed by atoms with Gasteiger partial charge in [-0.3, -0.25) is 14.3 Å². The number of fused-ring (bicyclic) bond motifs is 1. The van der Waals surface area contributed by atoms with Gasteiger partial charge in [0, 0.05) is 57.5 Å². The summed E-state index contributed by atoms with van der Waals surface area (Å²) < 4.78 is 1.88. The van der Waals surface area contributed by atoms with Gasteiger partial charge < -0.3 is 9.80 Å². The van der Waals surface area contributed by atoms with Crippen LogP contribution in [0.15, 0.2) is 12.3 Å². The molecule has 2 aliphatic rings. The summed E-state index contributed by atoms with van der Waals surface area (Å²) in [5.41, 5.74) is 1.08. The van der Waals surface area contributed by atoms with Gasteiger partial charge in [-0.1, -0.05) is 0 Å². The van der Waals surface area contributed by atoms with E-state index in [1.807, 2.05) is 34.5 Å². The lowest BCUT2D eigenvalue weighted by Crippen LogP contribution is -2.51. The molecule has 6 nitrogen and oxygen atoms in total. The maximum Gasteiger partial charge on any atom is 0.224 e. The van der Waals surface area contributed by atoms with E-state index < -0.39 is 0 Å². The number of hydrogen-bond acceptors (Lipinski definition) is 3. The van der Waals surface area contributed by atoms with Gasteiger partial charge in [0.15, 0.2) is 0 Å². The fourth-order valence-electron chi connectivity index (χ4n) is 3.91. The molecule has 0 aromatic carbocycles. The highest BCUT2D eigenvalue weighted by atomic mass is 16.2. The van der Waals surface area contributed by atoms with Gasteiger partial charge in [0.2, 0.25) is 11.8 Å². The molecule has 126 valence electrons. The molecule has 2 saturated heterocycles. The van der Waals surface area contributed by atoms with Crippen molar-refractivity contribution in [2.24, 2.45) is 5.92 Å². The van der Waals surface area contributed by atoms with Crippen LogP contribution in [0.4, 0.5) is 0 Å². The Kier molecular flexibility index (Phi) is 4.68. The fraction of sp³-hybridized carbons (Fsp3) is 0.706. The van der Waals surface area contributed by atoms with Crippen LogP contribution < -0.4 is 0 Å². The summed E-state index contributed by atoms with van der Waals surface area (Å²) in [4.78, 5) is 28.4. The van der Waals surface area contributed by atoms with Crippen LogP contribution in [0, 0.1) is 12.8 Å². The molecular weight excluding hydrogens is 292 g/mol. The zero-order valence-electron chi connectivity index (χ0n) is 14.1. The molecule has 6 heteroatoms. The first-order valence-electron chi connectivity index (χ1n) is 8.58. The maximum atomic E-state index is 12.5. The van der Waals surface area contributed by atoms with Gasteiger partial charge in [-0.05, 0) is 38.2 Å². The molecule has 0 bridgehead atoms. The lowest BCUT2D eigenvalue weighted by atomic mass is 9.88. The lowest BCUT2D eigenvalue weighted by molar-refractivity contribution is -0.136. The third-order valence-electron chi connectivity index (χ3n) is 5.37. The van der Waals surface area contributed by atoms with E-state index >= 15 is 0 Å². The van der Waals surface area contributed by atoms with Crippen molar-refractivity contribution in [1.29, 1.82) is 0 Å². The first-order chi connectivity index (χ1) is 11.1. The van der Waals surface area contributed by atoms with Crippen LogP contribution >= 0.6 is 0 Å². The smallest absolute Gasteiger partial charge is 0.224 e. The Morgan fingerprint density at radius 2 is 2.22 bits per heavy atom. The summed E-state index contributed by atoms with van der Waals surface area (Å²) in [6, 6.07) is 2.26. The average Bonchev–Trinajstić information content (AvgIpc) is 2.90. The largest absolute Gasteiger partial charge is 0.342 e. The number of hydrogen-bond donors (Lipinski definition) is 0. The number of aromatic nitrogens is 2. The molecule has 2 amide bonds. The fourth-order valence-corrected chi connectivity index (χ4v) is 3.91. The van der Waals surface area contributed by atoms with Gasteiger partial charge in [0.05, 0.1) is 0 Å². The van der Waals surface area contributed by atoms with Crippen molar-refractivity contribution < 1.29 is 9.59 Å². The first-order valence-corrected chi connectivity index (χ1v) is 8.58. The highest BCUT2D eigenvalue weighted by molar-refractivity contribution is 5.77. The molecular formula is C17H26N4O2. The Morgan fingerprint density at radius 1 is 1.39 bits per heavy atom. The summed E-state index contributed by atoms with van der Waals surface area (Å²) in [7, 11) is 1.92.